The number of benzene rings is 1. The number of carbonyl (C=O) groups excluding carboxylic acids is 1. The van der Waals surface area contributed by atoms with Crippen LogP contribution in [-0.4, -0.2) is 11.9 Å². The topological polar surface area (TPSA) is 51.8 Å². The monoisotopic (exact) mass is 293 g/mol. The molecule has 4 rings (SSSR count). The van der Waals surface area contributed by atoms with Crippen molar-refractivity contribution < 1.29 is 13.9 Å². The zero-order chi connectivity index (χ0) is 15.1. The van der Waals surface area contributed by atoms with E-state index >= 15 is 0 Å². The minimum absolute atomic E-state index is 0.267. The van der Waals surface area contributed by atoms with E-state index in [2.05, 4.69) is 11.9 Å². The van der Waals surface area contributed by atoms with Crippen LogP contribution in [0.15, 0.2) is 57.6 Å². The molecule has 2 aliphatic rings. The van der Waals surface area contributed by atoms with E-state index in [0.29, 0.717) is 23.5 Å². The third-order valence-electron chi connectivity index (χ3n) is 4.04. The number of nitrogens with zero attached hydrogens (tertiary/aromatic N) is 1. The molecule has 0 saturated heterocycles. The van der Waals surface area contributed by atoms with Gasteiger partial charge in [0.25, 0.3) is 0 Å². The van der Waals surface area contributed by atoms with Crippen LogP contribution >= 0.6 is 0 Å². The van der Waals surface area contributed by atoms with Gasteiger partial charge in [-0.05, 0) is 36.6 Å². The van der Waals surface area contributed by atoms with E-state index < -0.39 is 5.97 Å². The van der Waals surface area contributed by atoms with E-state index in [1.165, 1.54) is 6.42 Å². The van der Waals surface area contributed by atoms with Gasteiger partial charge in [0.05, 0.1) is 0 Å². The molecule has 110 valence electrons. The Balaban J connectivity index is 1.60. The molecular formula is C18H15NO3. The Kier molecular flexibility index (Phi) is 2.96. The molecule has 0 bridgehead atoms. The molecule has 2 atom stereocenters. The predicted molar refractivity (Wildman–Crippen MR) is 82.3 cm³/mol. The van der Waals surface area contributed by atoms with Crippen molar-refractivity contribution in [2.24, 2.45) is 10.9 Å². The first-order valence-corrected chi connectivity index (χ1v) is 7.38. The highest BCUT2D eigenvalue weighted by molar-refractivity contribution is 6.12. The Hall–Kier alpha value is -2.62. The van der Waals surface area contributed by atoms with Gasteiger partial charge in [-0.25, -0.2) is 9.79 Å². The van der Waals surface area contributed by atoms with Crippen molar-refractivity contribution in [1.82, 2.24) is 0 Å². The van der Waals surface area contributed by atoms with Gasteiger partial charge in [0, 0.05) is 17.6 Å². The lowest BCUT2D eigenvalue weighted by molar-refractivity contribution is -0.129. The molecular weight excluding hydrogens is 278 g/mol. The van der Waals surface area contributed by atoms with Crippen LogP contribution in [0, 0.1) is 5.92 Å². The molecule has 4 heteroatoms. The summed E-state index contributed by atoms with van der Waals surface area (Å²) in [6.45, 7) is 2.20. The van der Waals surface area contributed by atoms with Crippen LogP contribution in [0.1, 0.15) is 36.3 Å². The van der Waals surface area contributed by atoms with Crippen molar-refractivity contribution in [1.29, 1.82) is 0 Å². The molecule has 1 aromatic heterocycles. The fourth-order valence-corrected chi connectivity index (χ4v) is 2.61. The number of rotatable bonds is 3. The van der Waals surface area contributed by atoms with Gasteiger partial charge in [0.1, 0.15) is 11.5 Å². The zero-order valence-electron chi connectivity index (χ0n) is 12.2. The third kappa shape index (κ3) is 2.37. The normalized spacial score (nSPS) is 25.2. The maximum Gasteiger partial charge on any atom is 0.363 e. The van der Waals surface area contributed by atoms with Gasteiger partial charge in [-0.1, -0.05) is 25.1 Å². The molecule has 4 nitrogen and oxygen atoms in total. The van der Waals surface area contributed by atoms with Crippen LogP contribution in [0.5, 0.6) is 0 Å². The molecule has 1 aliphatic heterocycles. The highest BCUT2D eigenvalue weighted by Crippen LogP contribution is 2.47. The Morgan fingerprint density at radius 3 is 2.68 bits per heavy atom. The molecule has 0 radical (unpaired) electrons. The molecule has 2 aromatic rings. The van der Waals surface area contributed by atoms with Crippen molar-refractivity contribution in [2.45, 2.75) is 19.3 Å². The van der Waals surface area contributed by atoms with E-state index in [1.807, 2.05) is 42.5 Å². The number of furan rings is 1. The average Bonchev–Trinajstić information content (AvgIpc) is 2.94. The van der Waals surface area contributed by atoms with E-state index in [-0.39, 0.29) is 5.70 Å². The van der Waals surface area contributed by atoms with Crippen LogP contribution in [0.2, 0.25) is 0 Å². The molecule has 0 spiro atoms. The van der Waals surface area contributed by atoms with E-state index in [9.17, 15) is 4.79 Å². The lowest BCUT2D eigenvalue weighted by atomic mass is 10.2. The summed E-state index contributed by atoms with van der Waals surface area (Å²) in [5.74, 6) is 2.71. The molecule has 0 unspecified atom stereocenters. The second kappa shape index (κ2) is 4.98. The summed E-state index contributed by atoms with van der Waals surface area (Å²) in [7, 11) is 0. The van der Waals surface area contributed by atoms with Gasteiger partial charge >= 0.3 is 5.97 Å². The van der Waals surface area contributed by atoms with Crippen molar-refractivity contribution in [3.8, 4) is 0 Å². The second-order valence-corrected chi connectivity index (χ2v) is 5.76. The maximum absolute atomic E-state index is 11.9. The molecule has 1 fully saturated rings. The predicted octanol–water partition coefficient (Wildman–Crippen LogP) is 3.75. The summed E-state index contributed by atoms with van der Waals surface area (Å²) in [6.07, 6.45) is 2.80. The summed E-state index contributed by atoms with van der Waals surface area (Å²) in [5, 5.41) is 0. The first-order valence-electron chi connectivity index (χ1n) is 7.38. The van der Waals surface area contributed by atoms with Crippen LogP contribution in [-0.2, 0) is 9.53 Å². The minimum atomic E-state index is -0.448. The Morgan fingerprint density at radius 2 is 1.95 bits per heavy atom. The Labute approximate surface area is 128 Å². The summed E-state index contributed by atoms with van der Waals surface area (Å²) in [4.78, 5) is 16.2. The fourth-order valence-electron chi connectivity index (χ4n) is 2.61. The second-order valence-electron chi connectivity index (χ2n) is 5.76. The highest BCUT2D eigenvalue weighted by atomic mass is 16.6. The van der Waals surface area contributed by atoms with Crippen molar-refractivity contribution >= 4 is 17.9 Å². The number of cyclic esters (lactones) is 1. The number of hydrogen-bond acceptors (Lipinski definition) is 4. The van der Waals surface area contributed by atoms with Gasteiger partial charge in [-0.2, -0.15) is 0 Å². The number of aliphatic imine (C=N–C) groups is 1. The van der Waals surface area contributed by atoms with E-state index in [4.69, 9.17) is 9.15 Å². The van der Waals surface area contributed by atoms with Gasteiger partial charge < -0.3 is 9.15 Å². The summed E-state index contributed by atoms with van der Waals surface area (Å²) in [5.41, 5.74) is 1.05. The largest absolute Gasteiger partial charge is 0.461 e. The lowest BCUT2D eigenvalue weighted by Gasteiger charge is -1.97. The number of carbonyl (C=O) groups is 1. The molecule has 1 aromatic carbocycles. The van der Waals surface area contributed by atoms with Gasteiger partial charge in [0.2, 0.25) is 5.90 Å². The summed E-state index contributed by atoms with van der Waals surface area (Å²) < 4.78 is 11.0. The van der Waals surface area contributed by atoms with Gasteiger partial charge in [0.15, 0.2) is 5.70 Å². The van der Waals surface area contributed by atoms with Crippen LogP contribution in [0.25, 0.3) is 6.08 Å². The number of esters is 1. The molecule has 0 amide bonds. The van der Waals surface area contributed by atoms with Crippen molar-refractivity contribution in [3.63, 3.8) is 0 Å². The Bertz CT molecular complexity index is 786. The highest BCUT2D eigenvalue weighted by Gasteiger charge is 2.36. The number of hydrogen-bond donors (Lipinski definition) is 0. The first kappa shape index (κ1) is 13.1. The lowest BCUT2D eigenvalue weighted by Crippen LogP contribution is -2.04. The third-order valence-corrected chi connectivity index (χ3v) is 4.04. The number of ether oxygens (including phenoxy) is 1. The standard InChI is InChI=1S/C18H15NO3/c1-11-9-14(11)16-8-7-13(21-16)10-15-18(20)22-17(19-15)12-5-3-2-4-6-12/h2-8,10-11,14H,9H2,1H3/b15-10-/t11-,14-/m0/s1. The zero-order valence-corrected chi connectivity index (χ0v) is 12.2. The van der Waals surface area contributed by atoms with Crippen LogP contribution < -0.4 is 0 Å². The van der Waals surface area contributed by atoms with Crippen molar-refractivity contribution in [2.75, 3.05) is 0 Å². The maximum atomic E-state index is 11.9. The van der Waals surface area contributed by atoms with E-state index in [0.717, 1.165) is 11.3 Å². The molecule has 0 N–H and O–H groups in total. The summed E-state index contributed by atoms with van der Waals surface area (Å²) in [6, 6.07) is 13.2. The smallest absolute Gasteiger partial charge is 0.363 e. The molecule has 1 aliphatic carbocycles. The Morgan fingerprint density at radius 1 is 1.18 bits per heavy atom. The quantitative estimate of drug-likeness (QED) is 0.639. The molecule has 2 heterocycles. The molecule has 1 saturated carbocycles. The molecule has 22 heavy (non-hydrogen) atoms. The fraction of sp³-hybridized carbons (Fsp3) is 0.222. The minimum Gasteiger partial charge on any atom is -0.461 e. The van der Waals surface area contributed by atoms with Gasteiger partial charge in [-0.3, -0.25) is 0 Å². The van der Waals surface area contributed by atoms with Crippen LogP contribution in [0.3, 0.4) is 0 Å². The van der Waals surface area contributed by atoms with Gasteiger partial charge in [-0.15, -0.1) is 0 Å². The average molecular weight is 293 g/mol. The SMILES string of the molecule is C[C@H]1C[C@@H]1c1ccc(/C=C2\N=C(c3ccccc3)OC2=O)o1. The van der Waals surface area contributed by atoms with Crippen molar-refractivity contribution in [3.05, 3.63) is 65.2 Å². The summed E-state index contributed by atoms with van der Waals surface area (Å²) >= 11 is 0. The van der Waals surface area contributed by atoms with E-state index in [1.54, 1.807) is 6.08 Å². The van der Waals surface area contributed by atoms with Crippen LogP contribution in [0.4, 0.5) is 0 Å². The first-order chi connectivity index (χ1) is 10.7.